The third-order valence-electron chi connectivity index (χ3n) is 3.47. The standard InChI is InChI=1S/C13H19BrN2/c1-10-8-12(15-9-11(10)14)16-6-4-13(2,3)5-7-16/h8-9H,4-7H2,1-3H3. The monoisotopic (exact) mass is 282 g/mol. The first kappa shape index (κ1) is 11.9. The van der Waals surface area contributed by atoms with Gasteiger partial charge in [0.05, 0.1) is 0 Å². The third-order valence-corrected chi connectivity index (χ3v) is 4.30. The molecule has 0 amide bonds. The van der Waals surface area contributed by atoms with Gasteiger partial charge in [0.2, 0.25) is 0 Å². The zero-order valence-corrected chi connectivity index (χ0v) is 11.8. The fourth-order valence-corrected chi connectivity index (χ4v) is 2.26. The lowest BCUT2D eigenvalue weighted by molar-refractivity contribution is 0.279. The summed E-state index contributed by atoms with van der Waals surface area (Å²) in [6, 6.07) is 2.17. The molecule has 0 atom stereocenters. The number of piperidine rings is 1. The zero-order valence-electron chi connectivity index (χ0n) is 10.3. The molecule has 0 saturated carbocycles. The van der Waals surface area contributed by atoms with Crippen molar-refractivity contribution in [2.75, 3.05) is 18.0 Å². The molecule has 0 unspecified atom stereocenters. The van der Waals surface area contributed by atoms with Gasteiger partial charge in [-0.3, -0.25) is 0 Å². The van der Waals surface area contributed by atoms with Gasteiger partial charge >= 0.3 is 0 Å². The Kier molecular flexibility index (Phi) is 3.24. The van der Waals surface area contributed by atoms with Crippen LogP contribution in [0.1, 0.15) is 32.3 Å². The maximum atomic E-state index is 4.49. The maximum Gasteiger partial charge on any atom is 0.128 e. The molecule has 88 valence electrons. The van der Waals surface area contributed by atoms with Crippen molar-refractivity contribution in [3.63, 3.8) is 0 Å². The predicted octanol–water partition coefficient (Wildman–Crippen LogP) is 3.78. The molecular formula is C13H19BrN2. The van der Waals surface area contributed by atoms with Crippen molar-refractivity contribution < 1.29 is 0 Å². The first-order chi connectivity index (χ1) is 7.48. The van der Waals surface area contributed by atoms with Crippen molar-refractivity contribution in [3.05, 3.63) is 22.3 Å². The van der Waals surface area contributed by atoms with Crippen LogP contribution in [0.15, 0.2) is 16.7 Å². The van der Waals surface area contributed by atoms with E-state index in [-0.39, 0.29) is 0 Å². The van der Waals surface area contributed by atoms with E-state index in [0.717, 1.165) is 23.4 Å². The van der Waals surface area contributed by atoms with Crippen molar-refractivity contribution in [1.82, 2.24) is 4.98 Å². The van der Waals surface area contributed by atoms with Crippen LogP contribution in [0.4, 0.5) is 5.82 Å². The van der Waals surface area contributed by atoms with Gasteiger partial charge in [-0.15, -0.1) is 0 Å². The summed E-state index contributed by atoms with van der Waals surface area (Å²) in [4.78, 5) is 6.88. The minimum atomic E-state index is 0.501. The van der Waals surface area contributed by atoms with E-state index in [4.69, 9.17) is 0 Å². The SMILES string of the molecule is Cc1cc(N2CCC(C)(C)CC2)ncc1Br. The Labute approximate surface area is 106 Å². The molecule has 3 heteroatoms. The maximum absolute atomic E-state index is 4.49. The van der Waals surface area contributed by atoms with E-state index in [1.807, 2.05) is 6.20 Å². The predicted molar refractivity (Wildman–Crippen MR) is 71.9 cm³/mol. The van der Waals surface area contributed by atoms with Crippen molar-refractivity contribution in [2.45, 2.75) is 33.6 Å². The Morgan fingerprint density at radius 1 is 1.31 bits per heavy atom. The molecule has 2 nitrogen and oxygen atoms in total. The second-order valence-corrected chi connectivity index (χ2v) is 6.30. The summed E-state index contributed by atoms with van der Waals surface area (Å²) in [5.41, 5.74) is 1.76. The van der Waals surface area contributed by atoms with Crippen LogP contribution >= 0.6 is 15.9 Å². The van der Waals surface area contributed by atoms with Crippen LogP contribution in [0.25, 0.3) is 0 Å². The highest BCUT2D eigenvalue weighted by molar-refractivity contribution is 9.10. The fourth-order valence-electron chi connectivity index (χ4n) is 2.04. The topological polar surface area (TPSA) is 16.1 Å². The summed E-state index contributed by atoms with van der Waals surface area (Å²) in [5.74, 6) is 1.12. The molecule has 0 aromatic carbocycles. The number of halogens is 1. The Hall–Kier alpha value is -0.570. The van der Waals surface area contributed by atoms with Gasteiger partial charge in [0.25, 0.3) is 0 Å². The van der Waals surface area contributed by atoms with Crippen molar-refractivity contribution in [3.8, 4) is 0 Å². The van der Waals surface area contributed by atoms with E-state index in [9.17, 15) is 0 Å². The fraction of sp³-hybridized carbons (Fsp3) is 0.615. The number of nitrogens with zero attached hydrogens (tertiary/aromatic N) is 2. The summed E-state index contributed by atoms with van der Waals surface area (Å²) in [5, 5.41) is 0. The van der Waals surface area contributed by atoms with Gasteiger partial charge < -0.3 is 4.90 Å². The Bertz CT molecular complexity index is 378. The first-order valence-corrected chi connectivity index (χ1v) is 6.64. The molecule has 1 aliphatic rings. The number of hydrogen-bond donors (Lipinski definition) is 0. The first-order valence-electron chi connectivity index (χ1n) is 5.85. The number of pyridine rings is 1. The van der Waals surface area contributed by atoms with Crippen LogP contribution < -0.4 is 4.90 Å². The normalized spacial score (nSPS) is 19.9. The summed E-state index contributed by atoms with van der Waals surface area (Å²) < 4.78 is 1.09. The molecular weight excluding hydrogens is 264 g/mol. The number of aryl methyl sites for hydroxylation is 1. The van der Waals surface area contributed by atoms with E-state index < -0.39 is 0 Å². The lowest BCUT2D eigenvalue weighted by atomic mass is 9.83. The highest BCUT2D eigenvalue weighted by Crippen LogP contribution is 2.32. The summed E-state index contributed by atoms with van der Waals surface area (Å²) in [6.45, 7) is 9.07. The molecule has 0 aliphatic carbocycles. The summed E-state index contributed by atoms with van der Waals surface area (Å²) in [6.07, 6.45) is 4.41. The van der Waals surface area contributed by atoms with Gasteiger partial charge in [0.15, 0.2) is 0 Å². The van der Waals surface area contributed by atoms with Gasteiger partial charge in [-0.25, -0.2) is 4.98 Å². The van der Waals surface area contributed by atoms with Gasteiger partial charge in [-0.1, -0.05) is 13.8 Å². The molecule has 1 aromatic heterocycles. The lowest BCUT2D eigenvalue weighted by Crippen LogP contribution is -2.37. The Morgan fingerprint density at radius 3 is 2.50 bits per heavy atom. The molecule has 1 saturated heterocycles. The van der Waals surface area contributed by atoms with Crippen LogP contribution in [0.5, 0.6) is 0 Å². The van der Waals surface area contributed by atoms with Crippen molar-refractivity contribution >= 4 is 21.7 Å². The minimum Gasteiger partial charge on any atom is -0.357 e. The van der Waals surface area contributed by atoms with E-state index in [2.05, 4.69) is 52.7 Å². The molecule has 1 fully saturated rings. The third kappa shape index (κ3) is 2.57. The molecule has 2 heterocycles. The van der Waals surface area contributed by atoms with Gasteiger partial charge in [-0.2, -0.15) is 0 Å². The van der Waals surface area contributed by atoms with E-state index in [1.54, 1.807) is 0 Å². The van der Waals surface area contributed by atoms with Crippen LogP contribution in [0.3, 0.4) is 0 Å². The molecule has 2 rings (SSSR count). The Morgan fingerprint density at radius 2 is 1.94 bits per heavy atom. The molecule has 0 spiro atoms. The summed E-state index contributed by atoms with van der Waals surface area (Å²) >= 11 is 3.49. The van der Waals surface area contributed by atoms with Crippen LogP contribution in [0.2, 0.25) is 0 Å². The smallest absolute Gasteiger partial charge is 0.128 e. The van der Waals surface area contributed by atoms with Gasteiger partial charge in [0.1, 0.15) is 5.82 Å². The largest absolute Gasteiger partial charge is 0.357 e. The van der Waals surface area contributed by atoms with Crippen LogP contribution in [-0.4, -0.2) is 18.1 Å². The quantitative estimate of drug-likeness (QED) is 0.779. The highest BCUT2D eigenvalue weighted by Gasteiger charge is 2.25. The Balaban J connectivity index is 2.11. The molecule has 16 heavy (non-hydrogen) atoms. The molecule has 1 aromatic rings. The van der Waals surface area contributed by atoms with Gasteiger partial charge in [-0.05, 0) is 52.7 Å². The van der Waals surface area contributed by atoms with E-state index >= 15 is 0 Å². The molecule has 0 radical (unpaired) electrons. The van der Waals surface area contributed by atoms with E-state index in [0.29, 0.717) is 5.41 Å². The second kappa shape index (κ2) is 4.36. The van der Waals surface area contributed by atoms with Crippen molar-refractivity contribution in [2.24, 2.45) is 5.41 Å². The average Bonchev–Trinajstić information content (AvgIpc) is 2.22. The second-order valence-electron chi connectivity index (χ2n) is 5.44. The number of aromatic nitrogens is 1. The summed E-state index contributed by atoms with van der Waals surface area (Å²) in [7, 11) is 0. The molecule has 1 aliphatic heterocycles. The van der Waals surface area contributed by atoms with Crippen molar-refractivity contribution in [1.29, 1.82) is 0 Å². The average molecular weight is 283 g/mol. The molecule has 0 bridgehead atoms. The zero-order chi connectivity index (χ0) is 11.8. The number of anilines is 1. The number of rotatable bonds is 1. The highest BCUT2D eigenvalue weighted by atomic mass is 79.9. The number of hydrogen-bond acceptors (Lipinski definition) is 2. The minimum absolute atomic E-state index is 0.501. The van der Waals surface area contributed by atoms with Crippen LogP contribution in [-0.2, 0) is 0 Å². The lowest BCUT2D eigenvalue weighted by Gasteiger charge is -2.37. The van der Waals surface area contributed by atoms with Crippen LogP contribution in [0, 0.1) is 12.3 Å². The molecule has 0 N–H and O–H groups in total. The van der Waals surface area contributed by atoms with E-state index in [1.165, 1.54) is 18.4 Å². The van der Waals surface area contributed by atoms with Gasteiger partial charge in [0, 0.05) is 23.8 Å².